The van der Waals surface area contributed by atoms with Crippen LogP contribution in [0.4, 0.5) is 5.69 Å². The molecule has 0 saturated carbocycles. The SMILES string of the molecule is CCCOc1ccc(C(=O)Oc2ccc(/C=N\NC(=O)C(=O)Nc3ccccc3Cl)cc2OC)cc1. The van der Waals surface area contributed by atoms with Crippen LogP contribution in [-0.4, -0.2) is 37.7 Å². The fraction of sp³-hybridized carbons (Fsp3) is 0.154. The first kappa shape index (κ1) is 26.2. The molecule has 9 nitrogen and oxygen atoms in total. The van der Waals surface area contributed by atoms with E-state index in [0.29, 0.717) is 34.2 Å². The van der Waals surface area contributed by atoms with Crippen molar-refractivity contribution < 1.29 is 28.6 Å². The molecule has 186 valence electrons. The molecular weight excluding hydrogens is 486 g/mol. The van der Waals surface area contributed by atoms with E-state index in [1.54, 1.807) is 60.7 Å². The molecule has 36 heavy (non-hydrogen) atoms. The number of nitrogens with one attached hydrogen (secondary N) is 2. The number of amides is 2. The van der Waals surface area contributed by atoms with Crippen LogP contribution in [0.1, 0.15) is 29.3 Å². The second kappa shape index (κ2) is 12.9. The van der Waals surface area contributed by atoms with Gasteiger partial charge in [-0.3, -0.25) is 9.59 Å². The molecule has 2 amide bonds. The fourth-order valence-electron chi connectivity index (χ4n) is 2.87. The Kier molecular flexibility index (Phi) is 9.41. The molecule has 0 aromatic heterocycles. The molecular formula is C26H24ClN3O6. The molecule has 0 fully saturated rings. The molecule has 0 heterocycles. The summed E-state index contributed by atoms with van der Waals surface area (Å²) in [7, 11) is 1.42. The predicted molar refractivity (Wildman–Crippen MR) is 136 cm³/mol. The Morgan fingerprint density at radius 1 is 0.972 bits per heavy atom. The third kappa shape index (κ3) is 7.31. The van der Waals surface area contributed by atoms with Crippen LogP contribution >= 0.6 is 11.6 Å². The van der Waals surface area contributed by atoms with Gasteiger partial charge in [0, 0.05) is 0 Å². The highest BCUT2D eigenvalue weighted by molar-refractivity contribution is 6.41. The van der Waals surface area contributed by atoms with Gasteiger partial charge in [0.1, 0.15) is 5.75 Å². The summed E-state index contributed by atoms with van der Waals surface area (Å²) >= 11 is 5.96. The zero-order chi connectivity index (χ0) is 25.9. The van der Waals surface area contributed by atoms with Crippen LogP contribution in [0, 0.1) is 0 Å². The zero-order valence-corrected chi connectivity index (χ0v) is 20.4. The fourth-order valence-corrected chi connectivity index (χ4v) is 3.06. The van der Waals surface area contributed by atoms with Crippen LogP contribution in [0.15, 0.2) is 71.8 Å². The van der Waals surface area contributed by atoms with Crippen molar-refractivity contribution in [3.8, 4) is 17.2 Å². The molecule has 3 aromatic carbocycles. The highest BCUT2D eigenvalue weighted by Crippen LogP contribution is 2.28. The van der Waals surface area contributed by atoms with Crippen LogP contribution in [0.5, 0.6) is 17.2 Å². The molecule has 0 aliphatic rings. The number of rotatable bonds is 9. The molecule has 0 spiro atoms. The molecule has 2 N–H and O–H groups in total. The van der Waals surface area contributed by atoms with Gasteiger partial charge in [0.2, 0.25) is 0 Å². The summed E-state index contributed by atoms with van der Waals surface area (Å²) in [6, 6.07) is 17.8. The van der Waals surface area contributed by atoms with E-state index in [9.17, 15) is 14.4 Å². The summed E-state index contributed by atoms with van der Waals surface area (Å²) in [5.41, 5.74) is 3.31. The smallest absolute Gasteiger partial charge is 0.343 e. The number of ether oxygens (including phenoxy) is 3. The second-order valence-corrected chi connectivity index (χ2v) is 7.71. The first-order chi connectivity index (χ1) is 17.4. The Morgan fingerprint density at radius 3 is 2.42 bits per heavy atom. The van der Waals surface area contributed by atoms with Gasteiger partial charge in [-0.05, 0) is 66.6 Å². The Bertz CT molecular complexity index is 1260. The van der Waals surface area contributed by atoms with Gasteiger partial charge < -0.3 is 19.5 Å². The number of esters is 1. The van der Waals surface area contributed by atoms with Crippen molar-refractivity contribution in [3.05, 3.63) is 82.9 Å². The van der Waals surface area contributed by atoms with Gasteiger partial charge in [-0.25, -0.2) is 10.2 Å². The van der Waals surface area contributed by atoms with Gasteiger partial charge >= 0.3 is 17.8 Å². The van der Waals surface area contributed by atoms with Gasteiger partial charge in [-0.2, -0.15) is 5.10 Å². The largest absolute Gasteiger partial charge is 0.494 e. The lowest BCUT2D eigenvalue weighted by Gasteiger charge is -2.10. The number of hydrogen-bond donors (Lipinski definition) is 2. The van der Waals surface area contributed by atoms with Crippen molar-refractivity contribution in [2.75, 3.05) is 19.0 Å². The minimum absolute atomic E-state index is 0.203. The number of anilines is 1. The molecule has 0 atom stereocenters. The minimum atomic E-state index is -0.977. The summed E-state index contributed by atoms with van der Waals surface area (Å²) < 4.78 is 16.3. The van der Waals surface area contributed by atoms with E-state index in [1.807, 2.05) is 6.92 Å². The molecule has 0 saturated heterocycles. The lowest BCUT2D eigenvalue weighted by atomic mass is 10.2. The number of methoxy groups -OCH3 is 1. The van der Waals surface area contributed by atoms with Crippen LogP contribution in [0.2, 0.25) is 5.02 Å². The minimum Gasteiger partial charge on any atom is -0.494 e. The summed E-state index contributed by atoms with van der Waals surface area (Å²) in [5.74, 6) is -1.32. The van der Waals surface area contributed by atoms with Gasteiger partial charge in [0.15, 0.2) is 11.5 Å². The Balaban J connectivity index is 1.58. The second-order valence-electron chi connectivity index (χ2n) is 7.31. The van der Waals surface area contributed by atoms with Crippen molar-refractivity contribution in [1.29, 1.82) is 0 Å². The number of carbonyl (C=O) groups is 3. The Morgan fingerprint density at radius 2 is 1.72 bits per heavy atom. The van der Waals surface area contributed by atoms with Crippen LogP contribution in [0.25, 0.3) is 0 Å². The maximum absolute atomic E-state index is 12.5. The third-order valence-corrected chi connectivity index (χ3v) is 4.99. The lowest BCUT2D eigenvalue weighted by molar-refractivity contribution is -0.136. The van der Waals surface area contributed by atoms with Crippen molar-refractivity contribution in [2.24, 2.45) is 5.10 Å². The number of nitrogens with zero attached hydrogens (tertiary/aromatic N) is 1. The maximum Gasteiger partial charge on any atom is 0.343 e. The first-order valence-corrected chi connectivity index (χ1v) is 11.3. The van der Waals surface area contributed by atoms with Crippen molar-refractivity contribution in [2.45, 2.75) is 13.3 Å². The Hall–Kier alpha value is -4.37. The topological polar surface area (TPSA) is 115 Å². The molecule has 10 heteroatoms. The van der Waals surface area contributed by atoms with Gasteiger partial charge in [0.05, 0.1) is 36.2 Å². The number of para-hydroxylation sites is 1. The molecule has 3 rings (SSSR count). The summed E-state index contributed by atoms with van der Waals surface area (Å²) in [6.45, 7) is 2.60. The average Bonchev–Trinajstić information content (AvgIpc) is 2.89. The summed E-state index contributed by atoms with van der Waals surface area (Å²) in [6.07, 6.45) is 2.19. The predicted octanol–water partition coefficient (Wildman–Crippen LogP) is 4.45. The van der Waals surface area contributed by atoms with Crippen molar-refractivity contribution in [1.82, 2.24) is 5.43 Å². The normalized spacial score (nSPS) is 10.5. The maximum atomic E-state index is 12.5. The lowest BCUT2D eigenvalue weighted by Crippen LogP contribution is -2.32. The highest BCUT2D eigenvalue weighted by Gasteiger charge is 2.15. The van der Waals surface area contributed by atoms with Crippen LogP contribution in [0.3, 0.4) is 0 Å². The zero-order valence-electron chi connectivity index (χ0n) is 19.6. The van der Waals surface area contributed by atoms with Gasteiger partial charge in [-0.15, -0.1) is 0 Å². The van der Waals surface area contributed by atoms with Crippen molar-refractivity contribution in [3.63, 3.8) is 0 Å². The van der Waals surface area contributed by atoms with Gasteiger partial charge in [0.25, 0.3) is 0 Å². The van der Waals surface area contributed by atoms with E-state index in [1.165, 1.54) is 19.4 Å². The van der Waals surface area contributed by atoms with E-state index < -0.39 is 17.8 Å². The van der Waals surface area contributed by atoms with Gasteiger partial charge in [-0.1, -0.05) is 30.7 Å². The standard InChI is InChI=1S/C26H24ClN3O6/c1-3-14-35-19-11-9-18(10-12-19)26(33)36-22-13-8-17(15-23(22)34-2)16-28-30-25(32)24(31)29-21-7-5-4-6-20(21)27/h4-13,15-16H,3,14H2,1-2H3,(H,29,31)(H,30,32)/b28-16-. The first-order valence-electron chi connectivity index (χ1n) is 10.9. The van der Waals surface area contributed by atoms with E-state index in [0.717, 1.165) is 6.42 Å². The third-order valence-electron chi connectivity index (χ3n) is 4.66. The molecule has 0 aliphatic carbocycles. The average molecular weight is 510 g/mol. The number of carbonyl (C=O) groups excluding carboxylic acids is 3. The molecule has 0 bridgehead atoms. The number of hydrazone groups is 1. The van der Waals surface area contributed by atoms with E-state index in [-0.39, 0.29) is 11.5 Å². The molecule has 0 unspecified atom stereocenters. The highest BCUT2D eigenvalue weighted by atomic mass is 35.5. The monoisotopic (exact) mass is 509 g/mol. The number of halogens is 1. The number of hydrogen-bond acceptors (Lipinski definition) is 7. The summed E-state index contributed by atoms with van der Waals surface area (Å²) in [5, 5.41) is 6.47. The van der Waals surface area contributed by atoms with E-state index >= 15 is 0 Å². The van der Waals surface area contributed by atoms with Crippen molar-refractivity contribution >= 4 is 41.3 Å². The molecule has 0 aliphatic heterocycles. The molecule has 3 aromatic rings. The van der Waals surface area contributed by atoms with E-state index in [2.05, 4.69) is 15.8 Å². The Labute approximate surface area is 213 Å². The quantitative estimate of drug-likeness (QED) is 0.145. The van der Waals surface area contributed by atoms with Crippen LogP contribution in [-0.2, 0) is 9.59 Å². The van der Waals surface area contributed by atoms with E-state index in [4.69, 9.17) is 25.8 Å². The molecule has 0 radical (unpaired) electrons. The van der Waals surface area contributed by atoms with Crippen LogP contribution < -0.4 is 25.0 Å². The number of benzene rings is 3. The summed E-state index contributed by atoms with van der Waals surface area (Å²) in [4.78, 5) is 36.5.